The molecule has 0 spiro atoms. The molecule has 1 heterocycles. The molecule has 0 saturated carbocycles. The number of rotatable bonds is 5. The van der Waals surface area contributed by atoms with E-state index >= 15 is 0 Å². The van der Waals surface area contributed by atoms with E-state index in [1.165, 1.54) is 12.1 Å². The number of thiophene rings is 1. The highest BCUT2D eigenvalue weighted by Crippen LogP contribution is 2.19. The SMILES string of the molecule is O=C(O)C(NCc1cccs1)c1cccc(O)c1. The van der Waals surface area contributed by atoms with Gasteiger partial charge in [-0.05, 0) is 29.1 Å². The van der Waals surface area contributed by atoms with Gasteiger partial charge in [0.1, 0.15) is 11.8 Å². The van der Waals surface area contributed by atoms with Gasteiger partial charge in [-0.15, -0.1) is 11.3 Å². The van der Waals surface area contributed by atoms with Gasteiger partial charge < -0.3 is 10.2 Å². The molecule has 3 N–H and O–H groups in total. The van der Waals surface area contributed by atoms with Crippen molar-refractivity contribution in [3.63, 3.8) is 0 Å². The fourth-order valence-electron chi connectivity index (χ4n) is 1.67. The zero-order valence-electron chi connectivity index (χ0n) is 9.54. The lowest BCUT2D eigenvalue weighted by Crippen LogP contribution is -2.27. The molecule has 2 aromatic rings. The molecule has 0 fully saturated rings. The summed E-state index contributed by atoms with van der Waals surface area (Å²) in [6.07, 6.45) is 0. The lowest BCUT2D eigenvalue weighted by atomic mass is 10.1. The average molecular weight is 263 g/mol. The Balaban J connectivity index is 2.11. The molecule has 0 aliphatic rings. The van der Waals surface area contributed by atoms with Gasteiger partial charge in [-0.1, -0.05) is 18.2 Å². The topological polar surface area (TPSA) is 69.6 Å². The van der Waals surface area contributed by atoms with Crippen molar-refractivity contribution < 1.29 is 15.0 Å². The fourth-order valence-corrected chi connectivity index (χ4v) is 2.32. The van der Waals surface area contributed by atoms with Gasteiger partial charge in [0.15, 0.2) is 0 Å². The van der Waals surface area contributed by atoms with Gasteiger partial charge in [-0.2, -0.15) is 0 Å². The van der Waals surface area contributed by atoms with Gasteiger partial charge >= 0.3 is 5.97 Å². The molecule has 2 rings (SSSR count). The third-order valence-corrected chi connectivity index (χ3v) is 3.39. The lowest BCUT2D eigenvalue weighted by Gasteiger charge is -2.14. The van der Waals surface area contributed by atoms with Crippen LogP contribution in [0.4, 0.5) is 0 Å². The van der Waals surface area contributed by atoms with Crippen LogP contribution in [0.5, 0.6) is 5.75 Å². The van der Waals surface area contributed by atoms with E-state index in [4.69, 9.17) is 0 Å². The van der Waals surface area contributed by atoms with Crippen molar-refractivity contribution in [2.75, 3.05) is 0 Å². The Morgan fingerprint density at radius 1 is 1.33 bits per heavy atom. The molecule has 0 radical (unpaired) electrons. The normalized spacial score (nSPS) is 12.2. The Labute approximate surface area is 109 Å². The predicted octanol–water partition coefficient (Wildman–Crippen LogP) is 2.37. The molecule has 0 saturated heterocycles. The first-order valence-electron chi connectivity index (χ1n) is 5.44. The van der Waals surface area contributed by atoms with Gasteiger partial charge in [0.05, 0.1) is 0 Å². The summed E-state index contributed by atoms with van der Waals surface area (Å²) in [5, 5.41) is 23.5. The minimum absolute atomic E-state index is 0.0664. The summed E-state index contributed by atoms with van der Waals surface area (Å²) in [5.41, 5.74) is 0.541. The fraction of sp³-hybridized carbons (Fsp3) is 0.154. The highest BCUT2D eigenvalue weighted by atomic mass is 32.1. The van der Waals surface area contributed by atoms with Crippen molar-refractivity contribution >= 4 is 17.3 Å². The Morgan fingerprint density at radius 2 is 2.17 bits per heavy atom. The number of hydrogen-bond donors (Lipinski definition) is 3. The third kappa shape index (κ3) is 3.09. The maximum atomic E-state index is 11.2. The van der Waals surface area contributed by atoms with Gasteiger partial charge in [0.25, 0.3) is 0 Å². The van der Waals surface area contributed by atoms with Crippen molar-refractivity contribution in [1.82, 2.24) is 5.32 Å². The second-order valence-electron chi connectivity index (χ2n) is 3.83. The van der Waals surface area contributed by atoms with Crippen molar-refractivity contribution in [3.05, 3.63) is 52.2 Å². The molecular formula is C13H13NO3S. The number of hydrogen-bond acceptors (Lipinski definition) is 4. The summed E-state index contributed by atoms with van der Waals surface area (Å²) < 4.78 is 0. The van der Waals surface area contributed by atoms with E-state index in [1.807, 2.05) is 17.5 Å². The minimum Gasteiger partial charge on any atom is -0.508 e. The summed E-state index contributed by atoms with van der Waals surface area (Å²) in [6.45, 7) is 0.490. The van der Waals surface area contributed by atoms with Crippen LogP contribution in [0, 0.1) is 0 Å². The van der Waals surface area contributed by atoms with Crippen LogP contribution >= 0.6 is 11.3 Å². The molecule has 1 unspecified atom stereocenters. The third-order valence-electron chi connectivity index (χ3n) is 2.51. The highest BCUT2D eigenvalue weighted by molar-refractivity contribution is 7.09. The van der Waals surface area contributed by atoms with Gasteiger partial charge in [0.2, 0.25) is 0 Å². The van der Waals surface area contributed by atoms with E-state index in [9.17, 15) is 15.0 Å². The highest BCUT2D eigenvalue weighted by Gasteiger charge is 2.19. The summed E-state index contributed by atoms with van der Waals surface area (Å²) in [6, 6.07) is 9.33. The van der Waals surface area contributed by atoms with E-state index in [0.717, 1.165) is 4.88 Å². The van der Waals surface area contributed by atoms with Crippen molar-refractivity contribution in [1.29, 1.82) is 0 Å². The Hall–Kier alpha value is -1.85. The number of benzene rings is 1. The first kappa shape index (κ1) is 12.6. The first-order valence-corrected chi connectivity index (χ1v) is 6.32. The van der Waals surface area contributed by atoms with Crippen LogP contribution in [-0.4, -0.2) is 16.2 Å². The molecule has 0 aliphatic carbocycles. The summed E-state index contributed by atoms with van der Waals surface area (Å²) >= 11 is 1.57. The van der Waals surface area contributed by atoms with Crippen LogP contribution in [0.1, 0.15) is 16.5 Å². The number of phenols is 1. The number of aromatic hydroxyl groups is 1. The minimum atomic E-state index is -0.961. The monoisotopic (exact) mass is 263 g/mol. The van der Waals surface area contributed by atoms with E-state index in [2.05, 4.69) is 5.32 Å². The first-order chi connectivity index (χ1) is 8.66. The zero-order chi connectivity index (χ0) is 13.0. The number of carboxylic acid groups (broad SMARTS) is 1. The van der Waals surface area contributed by atoms with Crippen LogP contribution < -0.4 is 5.32 Å². The second-order valence-corrected chi connectivity index (χ2v) is 4.86. The van der Waals surface area contributed by atoms with Crippen molar-refractivity contribution in [2.24, 2.45) is 0 Å². The molecule has 5 heteroatoms. The van der Waals surface area contributed by atoms with E-state index in [0.29, 0.717) is 12.1 Å². The molecule has 1 atom stereocenters. The van der Waals surface area contributed by atoms with Crippen molar-refractivity contribution in [2.45, 2.75) is 12.6 Å². The molecule has 1 aromatic carbocycles. The molecule has 94 valence electrons. The number of aliphatic carboxylic acids is 1. The molecule has 18 heavy (non-hydrogen) atoms. The van der Waals surface area contributed by atoms with Crippen molar-refractivity contribution in [3.8, 4) is 5.75 Å². The Bertz CT molecular complexity index is 525. The summed E-state index contributed by atoms with van der Waals surface area (Å²) in [5.74, 6) is -0.895. The number of nitrogens with one attached hydrogen (secondary N) is 1. The van der Waals surface area contributed by atoms with Crippen LogP contribution in [0.25, 0.3) is 0 Å². The van der Waals surface area contributed by atoms with E-state index in [-0.39, 0.29) is 5.75 Å². The second kappa shape index (κ2) is 5.66. The largest absolute Gasteiger partial charge is 0.508 e. The Kier molecular flexibility index (Phi) is 3.96. The van der Waals surface area contributed by atoms with E-state index in [1.54, 1.807) is 23.5 Å². The number of carboxylic acids is 1. The lowest BCUT2D eigenvalue weighted by molar-refractivity contribution is -0.139. The average Bonchev–Trinajstić information content (AvgIpc) is 2.82. The summed E-state index contributed by atoms with van der Waals surface area (Å²) in [4.78, 5) is 12.3. The number of phenolic OH excluding ortho intramolecular Hbond substituents is 1. The molecule has 0 bridgehead atoms. The molecular weight excluding hydrogens is 250 g/mol. The van der Waals surface area contributed by atoms with Crippen LogP contribution in [-0.2, 0) is 11.3 Å². The zero-order valence-corrected chi connectivity index (χ0v) is 10.4. The van der Waals surface area contributed by atoms with Gasteiger partial charge in [-0.25, -0.2) is 0 Å². The summed E-state index contributed by atoms with van der Waals surface area (Å²) in [7, 11) is 0. The molecule has 4 nitrogen and oxygen atoms in total. The van der Waals surface area contributed by atoms with Gasteiger partial charge in [-0.3, -0.25) is 10.1 Å². The van der Waals surface area contributed by atoms with E-state index < -0.39 is 12.0 Å². The molecule has 0 aliphatic heterocycles. The Morgan fingerprint density at radius 3 is 2.78 bits per heavy atom. The molecule has 0 amide bonds. The van der Waals surface area contributed by atoms with Crippen LogP contribution in [0.15, 0.2) is 41.8 Å². The number of carbonyl (C=O) groups is 1. The quantitative estimate of drug-likeness (QED) is 0.774. The van der Waals surface area contributed by atoms with Gasteiger partial charge in [0, 0.05) is 11.4 Å². The smallest absolute Gasteiger partial charge is 0.325 e. The maximum Gasteiger partial charge on any atom is 0.325 e. The molecule has 1 aromatic heterocycles. The standard InChI is InChI=1S/C13H13NO3S/c15-10-4-1-3-9(7-10)12(13(16)17)14-8-11-5-2-6-18-11/h1-7,12,14-15H,8H2,(H,16,17). The van der Waals surface area contributed by atoms with Crippen LogP contribution in [0.3, 0.4) is 0 Å². The predicted molar refractivity (Wildman–Crippen MR) is 69.6 cm³/mol. The maximum absolute atomic E-state index is 11.2. The van der Waals surface area contributed by atoms with Crippen LogP contribution in [0.2, 0.25) is 0 Å².